The lowest BCUT2D eigenvalue weighted by molar-refractivity contribution is -0.130. The minimum Gasteiger partial charge on any atom is -0.373 e. The van der Waals surface area contributed by atoms with Gasteiger partial charge in [-0.2, -0.15) is 0 Å². The van der Waals surface area contributed by atoms with Crippen LogP contribution in [-0.4, -0.2) is 29.3 Å². The van der Waals surface area contributed by atoms with Crippen LogP contribution in [0.3, 0.4) is 0 Å². The topological polar surface area (TPSA) is 61.4 Å². The zero-order valence-electron chi connectivity index (χ0n) is 15.2. The molecule has 138 valence electrons. The fourth-order valence-corrected chi connectivity index (χ4v) is 4.78. The summed E-state index contributed by atoms with van der Waals surface area (Å²) < 4.78 is 0. The van der Waals surface area contributed by atoms with Gasteiger partial charge in [-0.1, -0.05) is 36.4 Å². The van der Waals surface area contributed by atoms with Crippen molar-refractivity contribution in [1.29, 1.82) is 0 Å². The molecule has 1 aliphatic carbocycles. The Morgan fingerprint density at radius 3 is 2.78 bits per heavy atom. The van der Waals surface area contributed by atoms with Crippen molar-refractivity contribution in [3.8, 4) is 0 Å². The van der Waals surface area contributed by atoms with Crippen molar-refractivity contribution in [1.82, 2.24) is 10.2 Å². The van der Waals surface area contributed by atoms with Crippen molar-refractivity contribution in [2.24, 2.45) is 0 Å². The molecule has 1 fully saturated rings. The van der Waals surface area contributed by atoms with Gasteiger partial charge in [-0.15, -0.1) is 0 Å². The number of carbonyl (C=O) groups is 2. The maximum Gasteiger partial charge on any atom is 0.253 e. The van der Waals surface area contributed by atoms with Gasteiger partial charge in [-0.25, -0.2) is 0 Å². The van der Waals surface area contributed by atoms with Gasteiger partial charge < -0.3 is 15.5 Å². The number of fused-ring (bicyclic) bond motifs is 2. The van der Waals surface area contributed by atoms with Crippen molar-refractivity contribution < 1.29 is 9.59 Å². The maximum atomic E-state index is 13.2. The van der Waals surface area contributed by atoms with Crippen LogP contribution in [0.2, 0.25) is 0 Å². The van der Waals surface area contributed by atoms with Gasteiger partial charge in [0, 0.05) is 18.8 Å². The van der Waals surface area contributed by atoms with Gasteiger partial charge in [-0.05, 0) is 48.4 Å². The molecule has 2 amide bonds. The first-order valence-electron chi connectivity index (χ1n) is 9.77. The zero-order chi connectivity index (χ0) is 18.4. The molecule has 2 atom stereocenters. The van der Waals surface area contributed by atoms with Crippen LogP contribution in [0, 0.1) is 0 Å². The summed E-state index contributed by atoms with van der Waals surface area (Å²) in [5, 5.41) is 6.22. The Labute approximate surface area is 158 Å². The first-order valence-corrected chi connectivity index (χ1v) is 9.77. The molecule has 2 aliphatic heterocycles. The summed E-state index contributed by atoms with van der Waals surface area (Å²) in [5.74, 6) is 0.0873. The summed E-state index contributed by atoms with van der Waals surface area (Å²) in [6.07, 6.45) is 4.01. The Morgan fingerprint density at radius 2 is 1.85 bits per heavy atom. The van der Waals surface area contributed by atoms with E-state index in [1.54, 1.807) is 0 Å². The Kier molecular flexibility index (Phi) is 3.88. The molecule has 0 saturated carbocycles. The monoisotopic (exact) mass is 361 g/mol. The van der Waals surface area contributed by atoms with Crippen LogP contribution in [0.1, 0.15) is 52.4 Å². The smallest absolute Gasteiger partial charge is 0.253 e. The highest BCUT2D eigenvalue weighted by Crippen LogP contribution is 2.37. The number of benzene rings is 2. The number of aryl methyl sites for hydroxylation is 1. The molecule has 27 heavy (non-hydrogen) atoms. The first kappa shape index (κ1) is 16.4. The Morgan fingerprint density at radius 1 is 1.00 bits per heavy atom. The predicted molar refractivity (Wildman–Crippen MR) is 103 cm³/mol. The van der Waals surface area contributed by atoms with E-state index in [0.29, 0.717) is 12.1 Å². The van der Waals surface area contributed by atoms with E-state index in [9.17, 15) is 9.59 Å². The third-order valence-corrected chi connectivity index (χ3v) is 6.10. The molecule has 2 unspecified atom stereocenters. The third-order valence-electron chi connectivity index (χ3n) is 6.10. The van der Waals surface area contributed by atoms with Crippen molar-refractivity contribution in [2.45, 2.75) is 44.3 Å². The standard InChI is InChI=1S/C22H23N3O2/c26-21-20-15(13-23-21)7-3-9-17(20)24-18-11-12-25(22(18)27)19-10-4-6-14-5-1-2-8-16(14)19/h1-3,5,7-9,18-19,24H,4,6,10-13H2,(H,23,26). The number of nitrogens with zero attached hydrogens (tertiary/aromatic N) is 1. The number of nitrogens with one attached hydrogen (secondary N) is 2. The van der Waals surface area contributed by atoms with Crippen LogP contribution in [-0.2, 0) is 17.8 Å². The van der Waals surface area contributed by atoms with E-state index in [2.05, 4.69) is 34.9 Å². The second kappa shape index (κ2) is 6.41. The van der Waals surface area contributed by atoms with Crippen LogP contribution < -0.4 is 10.6 Å². The lowest BCUT2D eigenvalue weighted by Gasteiger charge is -2.33. The number of anilines is 1. The van der Waals surface area contributed by atoms with E-state index >= 15 is 0 Å². The highest BCUT2D eigenvalue weighted by molar-refractivity contribution is 6.04. The van der Waals surface area contributed by atoms with Crippen LogP contribution >= 0.6 is 0 Å². The molecule has 0 bridgehead atoms. The van der Waals surface area contributed by atoms with Gasteiger partial charge in [0.15, 0.2) is 0 Å². The Bertz CT molecular complexity index is 924. The summed E-state index contributed by atoms with van der Waals surface area (Å²) >= 11 is 0. The van der Waals surface area contributed by atoms with E-state index in [1.807, 2.05) is 23.1 Å². The molecule has 2 aromatic carbocycles. The number of rotatable bonds is 3. The molecule has 0 spiro atoms. The highest BCUT2D eigenvalue weighted by Gasteiger charge is 2.38. The fraction of sp³-hybridized carbons (Fsp3) is 0.364. The van der Waals surface area contributed by atoms with E-state index in [0.717, 1.165) is 43.5 Å². The SMILES string of the molecule is O=C1NCc2cccc(NC3CCN(C4CCCc5ccccc54)C3=O)c21. The number of hydrogen-bond acceptors (Lipinski definition) is 3. The second-order valence-electron chi connectivity index (χ2n) is 7.65. The quantitative estimate of drug-likeness (QED) is 0.883. The summed E-state index contributed by atoms with van der Waals surface area (Å²) in [7, 11) is 0. The first-order chi connectivity index (χ1) is 13.2. The van der Waals surface area contributed by atoms with Crippen LogP contribution in [0.4, 0.5) is 5.69 Å². The predicted octanol–water partition coefficient (Wildman–Crippen LogP) is 3.02. The van der Waals surface area contributed by atoms with E-state index in [-0.39, 0.29) is 23.9 Å². The maximum absolute atomic E-state index is 13.2. The Balaban J connectivity index is 1.38. The molecule has 1 saturated heterocycles. The Hall–Kier alpha value is -2.82. The highest BCUT2D eigenvalue weighted by atomic mass is 16.2. The normalized spacial score (nSPS) is 23.8. The van der Waals surface area contributed by atoms with Gasteiger partial charge >= 0.3 is 0 Å². The molecule has 2 N–H and O–H groups in total. The minimum absolute atomic E-state index is 0.0587. The van der Waals surface area contributed by atoms with E-state index < -0.39 is 0 Å². The zero-order valence-corrected chi connectivity index (χ0v) is 15.2. The second-order valence-corrected chi connectivity index (χ2v) is 7.65. The third kappa shape index (κ3) is 2.69. The number of likely N-dealkylation sites (tertiary alicyclic amines) is 1. The molecular formula is C22H23N3O2. The molecule has 3 aliphatic rings. The van der Waals surface area contributed by atoms with Crippen LogP contribution in [0.5, 0.6) is 0 Å². The average Bonchev–Trinajstić information content (AvgIpc) is 3.25. The lowest BCUT2D eigenvalue weighted by atomic mass is 9.87. The van der Waals surface area contributed by atoms with Crippen LogP contribution in [0.25, 0.3) is 0 Å². The van der Waals surface area contributed by atoms with Gasteiger partial charge in [0.2, 0.25) is 5.91 Å². The van der Waals surface area contributed by atoms with Crippen LogP contribution in [0.15, 0.2) is 42.5 Å². The summed E-state index contributed by atoms with van der Waals surface area (Å²) in [5.41, 5.74) is 5.13. The number of amides is 2. The fourth-order valence-electron chi connectivity index (χ4n) is 4.78. The van der Waals surface area contributed by atoms with E-state index in [1.165, 1.54) is 11.1 Å². The van der Waals surface area contributed by atoms with Crippen molar-refractivity contribution in [2.75, 3.05) is 11.9 Å². The van der Waals surface area contributed by atoms with Gasteiger partial charge in [0.1, 0.15) is 6.04 Å². The number of hydrogen-bond donors (Lipinski definition) is 2. The van der Waals surface area contributed by atoms with Gasteiger partial charge in [0.25, 0.3) is 5.91 Å². The average molecular weight is 361 g/mol. The van der Waals surface area contributed by atoms with Gasteiger partial charge in [0.05, 0.1) is 11.6 Å². The molecular weight excluding hydrogens is 338 g/mol. The summed E-state index contributed by atoms with van der Waals surface area (Å²) in [4.78, 5) is 27.3. The minimum atomic E-state index is -0.265. The van der Waals surface area contributed by atoms with E-state index in [4.69, 9.17) is 0 Å². The lowest BCUT2D eigenvalue weighted by Crippen LogP contribution is -2.37. The molecule has 5 nitrogen and oxygen atoms in total. The molecule has 2 aromatic rings. The van der Waals surface area contributed by atoms with Crippen molar-refractivity contribution >= 4 is 17.5 Å². The largest absolute Gasteiger partial charge is 0.373 e. The van der Waals surface area contributed by atoms with Gasteiger partial charge in [-0.3, -0.25) is 9.59 Å². The molecule has 5 heteroatoms. The molecule has 5 rings (SSSR count). The summed E-state index contributed by atoms with van der Waals surface area (Å²) in [6.45, 7) is 1.32. The molecule has 2 heterocycles. The molecule has 0 radical (unpaired) electrons. The molecule has 0 aromatic heterocycles. The summed E-state index contributed by atoms with van der Waals surface area (Å²) in [6, 6.07) is 14.2. The van der Waals surface area contributed by atoms with Crippen molar-refractivity contribution in [3.63, 3.8) is 0 Å². The number of carbonyl (C=O) groups excluding carboxylic acids is 2. The van der Waals surface area contributed by atoms with Crippen molar-refractivity contribution in [3.05, 3.63) is 64.7 Å².